The fourth-order valence-corrected chi connectivity index (χ4v) is 4.25. The van der Waals surface area contributed by atoms with Gasteiger partial charge in [-0.3, -0.25) is 4.79 Å². The summed E-state index contributed by atoms with van der Waals surface area (Å²) in [4.78, 5) is 19.0. The highest BCUT2D eigenvalue weighted by Gasteiger charge is 2.42. The molecular formula is C23H18ClF3N4O2. The van der Waals surface area contributed by atoms with E-state index in [1.54, 1.807) is 0 Å². The minimum Gasteiger partial charge on any atom is -0.440 e. The van der Waals surface area contributed by atoms with Crippen molar-refractivity contribution in [1.82, 2.24) is 19.7 Å². The Kier molecular flexibility index (Phi) is 5.36. The Labute approximate surface area is 191 Å². The molecule has 10 heteroatoms. The molecule has 2 aromatic carbocycles. The normalized spacial score (nSPS) is 15.3. The summed E-state index contributed by atoms with van der Waals surface area (Å²) < 4.78 is 48.4. The van der Waals surface area contributed by atoms with Crippen LogP contribution >= 0.6 is 11.6 Å². The van der Waals surface area contributed by atoms with Crippen LogP contribution in [0.25, 0.3) is 16.8 Å². The molecule has 1 aliphatic rings. The van der Waals surface area contributed by atoms with Crippen molar-refractivity contribution in [2.75, 3.05) is 13.1 Å². The minimum atomic E-state index is -4.77. The number of rotatable bonds is 3. The summed E-state index contributed by atoms with van der Waals surface area (Å²) in [5.41, 5.74) is 0.0416. The molecular weight excluding hydrogens is 457 g/mol. The van der Waals surface area contributed by atoms with Crippen LogP contribution in [-0.4, -0.2) is 38.7 Å². The summed E-state index contributed by atoms with van der Waals surface area (Å²) in [5.74, 6) is -0.103. The Balaban J connectivity index is 1.37. The van der Waals surface area contributed by atoms with Crippen LogP contribution in [0, 0.1) is 0 Å². The smallest absolute Gasteiger partial charge is 0.434 e. The van der Waals surface area contributed by atoms with E-state index in [0.29, 0.717) is 42.4 Å². The standard InChI is InChI=1S/C23H18ClF3N4O2/c24-15-5-7-16(8-6-15)31-20(23(25,26)27)17(13-28-31)22(32)30-11-9-14(10-12-30)21-29-18-3-1-2-4-19(18)33-21/h1-8,13-14H,9-12H2. The predicted molar refractivity (Wildman–Crippen MR) is 115 cm³/mol. The van der Waals surface area contributed by atoms with Crippen molar-refractivity contribution in [2.24, 2.45) is 0 Å². The number of benzene rings is 2. The number of alkyl halides is 3. The number of oxazole rings is 1. The average molecular weight is 475 g/mol. The lowest BCUT2D eigenvalue weighted by molar-refractivity contribution is -0.143. The lowest BCUT2D eigenvalue weighted by Crippen LogP contribution is -2.38. The molecule has 0 N–H and O–H groups in total. The second-order valence-electron chi connectivity index (χ2n) is 7.88. The first-order chi connectivity index (χ1) is 15.8. The number of halogens is 4. The van der Waals surface area contributed by atoms with Gasteiger partial charge in [0.05, 0.1) is 17.4 Å². The summed E-state index contributed by atoms with van der Waals surface area (Å²) >= 11 is 5.84. The molecule has 0 unspecified atom stereocenters. The maximum atomic E-state index is 13.9. The van der Waals surface area contributed by atoms with Gasteiger partial charge in [0, 0.05) is 24.0 Å². The van der Waals surface area contributed by atoms with E-state index in [2.05, 4.69) is 10.1 Å². The summed E-state index contributed by atoms with van der Waals surface area (Å²) in [6, 6.07) is 13.2. The highest BCUT2D eigenvalue weighted by molar-refractivity contribution is 6.30. The van der Waals surface area contributed by atoms with Crippen LogP contribution in [0.4, 0.5) is 13.2 Å². The molecule has 0 radical (unpaired) electrons. The van der Waals surface area contributed by atoms with Gasteiger partial charge in [-0.25, -0.2) is 9.67 Å². The van der Waals surface area contributed by atoms with Crippen molar-refractivity contribution in [1.29, 1.82) is 0 Å². The Bertz CT molecular complexity index is 1270. The molecule has 4 aromatic rings. The number of carbonyl (C=O) groups is 1. The molecule has 0 saturated carbocycles. The van der Waals surface area contributed by atoms with Gasteiger partial charge in [-0.2, -0.15) is 18.3 Å². The Hall–Kier alpha value is -3.33. The predicted octanol–water partition coefficient (Wildman–Crippen LogP) is 5.71. The lowest BCUT2D eigenvalue weighted by Gasteiger charge is -2.30. The van der Waals surface area contributed by atoms with Gasteiger partial charge < -0.3 is 9.32 Å². The largest absolute Gasteiger partial charge is 0.440 e. The third-order valence-electron chi connectivity index (χ3n) is 5.78. The molecule has 3 heterocycles. The van der Waals surface area contributed by atoms with Crippen molar-refractivity contribution in [3.63, 3.8) is 0 Å². The van der Waals surface area contributed by atoms with Crippen LogP contribution in [0.5, 0.6) is 0 Å². The summed E-state index contributed by atoms with van der Waals surface area (Å²) in [5, 5.41) is 4.25. The number of amides is 1. The number of piperidine rings is 1. The maximum absolute atomic E-state index is 13.9. The fraction of sp³-hybridized carbons (Fsp3) is 0.261. The third kappa shape index (κ3) is 4.08. The van der Waals surface area contributed by atoms with Crippen LogP contribution in [0.3, 0.4) is 0 Å². The molecule has 5 rings (SSSR count). The molecule has 0 atom stereocenters. The zero-order chi connectivity index (χ0) is 23.2. The second kappa shape index (κ2) is 8.22. The van der Waals surface area contributed by atoms with Crippen molar-refractivity contribution in [3.8, 4) is 5.69 Å². The zero-order valence-corrected chi connectivity index (χ0v) is 18.0. The first-order valence-corrected chi connectivity index (χ1v) is 10.7. The van der Waals surface area contributed by atoms with Gasteiger partial charge in [-0.05, 0) is 49.2 Å². The van der Waals surface area contributed by atoms with Gasteiger partial charge in [0.2, 0.25) is 0 Å². The van der Waals surface area contributed by atoms with E-state index < -0.39 is 23.3 Å². The summed E-state index contributed by atoms with van der Waals surface area (Å²) in [6.45, 7) is 0.595. The molecule has 6 nitrogen and oxygen atoms in total. The first-order valence-electron chi connectivity index (χ1n) is 10.4. The van der Waals surface area contributed by atoms with Crippen molar-refractivity contribution in [3.05, 3.63) is 76.9 Å². The van der Waals surface area contributed by atoms with Gasteiger partial charge in [0.15, 0.2) is 17.2 Å². The molecule has 1 saturated heterocycles. The molecule has 2 aromatic heterocycles. The van der Waals surface area contributed by atoms with E-state index in [0.717, 1.165) is 16.4 Å². The van der Waals surface area contributed by atoms with E-state index in [1.807, 2.05) is 24.3 Å². The summed E-state index contributed by atoms with van der Waals surface area (Å²) in [6.07, 6.45) is -2.69. The van der Waals surface area contributed by atoms with Crippen LogP contribution in [-0.2, 0) is 6.18 Å². The molecule has 0 spiro atoms. The Morgan fingerprint density at radius 2 is 1.76 bits per heavy atom. The zero-order valence-electron chi connectivity index (χ0n) is 17.2. The number of likely N-dealkylation sites (tertiary alicyclic amines) is 1. The summed E-state index contributed by atoms with van der Waals surface area (Å²) in [7, 11) is 0. The topological polar surface area (TPSA) is 64.2 Å². The number of nitrogens with zero attached hydrogens (tertiary/aromatic N) is 4. The number of para-hydroxylation sites is 2. The molecule has 33 heavy (non-hydrogen) atoms. The third-order valence-corrected chi connectivity index (χ3v) is 6.03. The quantitative estimate of drug-likeness (QED) is 0.382. The SMILES string of the molecule is O=C(c1cnn(-c2ccc(Cl)cc2)c1C(F)(F)F)N1CCC(c2nc3ccccc3o2)CC1. The van der Waals surface area contributed by atoms with Crippen LogP contribution < -0.4 is 0 Å². The number of fused-ring (bicyclic) bond motifs is 1. The Morgan fingerprint density at radius 1 is 1.06 bits per heavy atom. The molecule has 0 bridgehead atoms. The number of hydrogen-bond donors (Lipinski definition) is 0. The van der Waals surface area contributed by atoms with Gasteiger partial charge in [-0.15, -0.1) is 0 Å². The average Bonchev–Trinajstić information content (AvgIpc) is 3.44. The molecule has 170 valence electrons. The van der Waals surface area contributed by atoms with Gasteiger partial charge >= 0.3 is 6.18 Å². The molecule has 1 aliphatic heterocycles. The van der Waals surface area contributed by atoms with Crippen molar-refractivity contribution >= 4 is 28.6 Å². The number of aromatic nitrogens is 3. The first kappa shape index (κ1) is 21.5. The van der Waals surface area contributed by atoms with Crippen molar-refractivity contribution in [2.45, 2.75) is 24.9 Å². The maximum Gasteiger partial charge on any atom is 0.434 e. The van der Waals surface area contributed by atoms with Gasteiger partial charge in [0.1, 0.15) is 5.52 Å². The Morgan fingerprint density at radius 3 is 2.42 bits per heavy atom. The monoisotopic (exact) mass is 474 g/mol. The van der Waals surface area contributed by atoms with E-state index in [1.165, 1.54) is 29.2 Å². The lowest BCUT2D eigenvalue weighted by atomic mass is 9.96. The van der Waals surface area contributed by atoms with Crippen LogP contribution in [0.2, 0.25) is 5.02 Å². The van der Waals surface area contributed by atoms with Crippen LogP contribution in [0.1, 0.15) is 40.7 Å². The highest BCUT2D eigenvalue weighted by Crippen LogP contribution is 2.36. The van der Waals surface area contributed by atoms with E-state index >= 15 is 0 Å². The van der Waals surface area contributed by atoms with E-state index in [4.69, 9.17) is 16.0 Å². The van der Waals surface area contributed by atoms with Gasteiger partial charge in [-0.1, -0.05) is 23.7 Å². The molecule has 1 fully saturated rings. The highest BCUT2D eigenvalue weighted by atomic mass is 35.5. The van der Waals surface area contributed by atoms with Gasteiger partial charge in [0.25, 0.3) is 5.91 Å². The second-order valence-corrected chi connectivity index (χ2v) is 8.32. The fourth-order valence-electron chi connectivity index (χ4n) is 4.12. The minimum absolute atomic E-state index is 0.000303. The number of hydrogen-bond acceptors (Lipinski definition) is 4. The molecule has 1 amide bonds. The number of carbonyl (C=O) groups excluding carboxylic acids is 1. The molecule has 0 aliphatic carbocycles. The van der Waals surface area contributed by atoms with Crippen LogP contribution in [0.15, 0.2) is 59.1 Å². The van der Waals surface area contributed by atoms with E-state index in [9.17, 15) is 18.0 Å². The van der Waals surface area contributed by atoms with E-state index in [-0.39, 0.29) is 11.6 Å². The van der Waals surface area contributed by atoms with Crippen molar-refractivity contribution < 1.29 is 22.4 Å².